The maximum absolute atomic E-state index is 8.89. The zero-order valence-corrected chi connectivity index (χ0v) is 7.14. The number of hydrogen-bond donors (Lipinski definition) is 2. The van der Waals surface area contributed by atoms with Gasteiger partial charge in [-0.15, -0.1) is 0 Å². The highest BCUT2D eigenvalue weighted by molar-refractivity contribution is 6.57. The first-order chi connectivity index (χ1) is 5.75. The lowest BCUT2D eigenvalue weighted by Gasteiger charge is -2.04. The van der Waals surface area contributed by atoms with E-state index in [0.717, 1.165) is 19.4 Å². The Kier molecular flexibility index (Phi) is 3.31. The second-order valence-corrected chi connectivity index (χ2v) is 2.71. The van der Waals surface area contributed by atoms with Gasteiger partial charge in [-0.2, -0.15) is 5.10 Å². The molecule has 0 spiro atoms. The van der Waals surface area contributed by atoms with Gasteiger partial charge in [0, 0.05) is 12.7 Å². The van der Waals surface area contributed by atoms with Gasteiger partial charge in [0.1, 0.15) is 0 Å². The maximum atomic E-state index is 8.89. The minimum absolute atomic E-state index is 0.462. The van der Waals surface area contributed by atoms with Crippen LogP contribution in [0.5, 0.6) is 0 Å². The van der Waals surface area contributed by atoms with E-state index in [-0.39, 0.29) is 0 Å². The van der Waals surface area contributed by atoms with Crippen LogP contribution in [0.2, 0.25) is 0 Å². The van der Waals surface area contributed by atoms with Crippen molar-refractivity contribution < 1.29 is 10.0 Å². The van der Waals surface area contributed by atoms with E-state index in [1.165, 1.54) is 0 Å². The smallest absolute Gasteiger partial charge is 0.422 e. The van der Waals surface area contributed by atoms with Crippen LogP contribution in [-0.2, 0) is 6.54 Å². The maximum Gasteiger partial charge on any atom is 0.507 e. The normalized spacial score (nSPS) is 10.2. The molecule has 0 atom stereocenters. The first-order valence-electron chi connectivity index (χ1n) is 4.13. The molecule has 0 aliphatic heterocycles. The van der Waals surface area contributed by atoms with E-state index in [1.807, 2.05) is 0 Å². The number of aromatic nitrogens is 2. The molecule has 2 N–H and O–H groups in total. The van der Waals surface area contributed by atoms with Crippen molar-refractivity contribution in [3.63, 3.8) is 0 Å². The quantitative estimate of drug-likeness (QED) is 0.588. The van der Waals surface area contributed by atoms with E-state index in [0.29, 0.717) is 5.59 Å². The van der Waals surface area contributed by atoms with Gasteiger partial charge in [-0.3, -0.25) is 4.68 Å². The summed E-state index contributed by atoms with van der Waals surface area (Å²) < 4.78 is 1.62. The molecule has 5 heteroatoms. The number of unbranched alkanes of at least 4 members (excludes halogenated alkanes) is 1. The van der Waals surface area contributed by atoms with Gasteiger partial charge in [-0.05, 0) is 12.5 Å². The van der Waals surface area contributed by atoms with Crippen LogP contribution in [0.1, 0.15) is 19.8 Å². The standard InChI is InChI=1S/C7H13BN2O2/c1-2-3-6-10-7(8(11)12)4-5-9-10/h4-5,11-12H,2-3,6H2,1H3. The Hall–Kier alpha value is -0.805. The predicted octanol–water partition coefficient (Wildman–Crippen LogP) is -0.637. The SMILES string of the molecule is CCCCn1nccc1B(O)O. The Labute approximate surface area is 72.0 Å². The lowest BCUT2D eigenvalue weighted by Crippen LogP contribution is -2.36. The van der Waals surface area contributed by atoms with Crippen molar-refractivity contribution in [1.82, 2.24) is 9.78 Å². The van der Waals surface area contributed by atoms with E-state index >= 15 is 0 Å². The van der Waals surface area contributed by atoms with Gasteiger partial charge in [0.25, 0.3) is 0 Å². The Bertz CT molecular complexity index is 237. The summed E-state index contributed by atoms with van der Waals surface area (Å²) in [5.74, 6) is 0. The molecule has 0 saturated heterocycles. The Morgan fingerprint density at radius 3 is 2.92 bits per heavy atom. The zero-order valence-electron chi connectivity index (χ0n) is 7.14. The van der Waals surface area contributed by atoms with Gasteiger partial charge in [-0.1, -0.05) is 13.3 Å². The van der Waals surface area contributed by atoms with Crippen LogP contribution in [-0.4, -0.2) is 26.9 Å². The van der Waals surface area contributed by atoms with Crippen molar-refractivity contribution >= 4 is 12.7 Å². The summed E-state index contributed by atoms with van der Waals surface area (Å²) in [4.78, 5) is 0. The lowest BCUT2D eigenvalue weighted by molar-refractivity contribution is 0.419. The summed E-state index contributed by atoms with van der Waals surface area (Å²) in [7, 11) is -1.41. The Balaban J connectivity index is 2.64. The summed E-state index contributed by atoms with van der Waals surface area (Å²) in [6.45, 7) is 2.83. The molecule has 0 aliphatic carbocycles. The summed E-state index contributed by atoms with van der Waals surface area (Å²) in [5.41, 5.74) is 0.462. The highest BCUT2D eigenvalue weighted by Crippen LogP contribution is 1.91. The molecule has 0 fully saturated rings. The van der Waals surface area contributed by atoms with Crippen molar-refractivity contribution in [2.45, 2.75) is 26.3 Å². The van der Waals surface area contributed by atoms with Gasteiger partial charge >= 0.3 is 7.12 Å². The molecule has 0 amide bonds. The van der Waals surface area contributed by atoms with E-state index in [4.69, 9.17) is 10.0 Å². The fourth-order valence-electron chi connectivity index (χ4n) is 1.06. The number of rotatable bonds is 4. The number of aryl methyl sites for hydroxylation is 1. The van der Waals surface area contributed by atoms with Gasteiger partial charge < -0.3 is 10.0 Å². The highest BCUT2D eigenvalue weighted by atomic mass is 16.4. The minimum atomic E-state index is -1.41. The van der Waals surface area contributed by atoms with Crippen LogP contribution in [0.25, 0.3) is 0 Å². The molecule has 1 rings (SSSR count). The van der Waals surface area contributed by atoms with Gasteiger partial charge in [0.05, 0.1) is 5.59 Å². The zero-order chi connectivity index (χ0) is 8.97. The van der Waals surface area contributed by atoms with Crippen molar-refractivity contribution in [2.24, 2.45) is 0 Å². The molecule has 0 aromatic carbocycles. The number of nitrogens with zero attached hydrogens (tertiary/aromatic N) is 2. The molecule has 1 heterocycles. The summed E-state index contributed by atoms with van der Waals surface area (Å²) >= 11 is 0. The third-order valence-electron chi connectivity index (χ3n) is 1.74. The molecule has 0 aliphatic rings. The van der Waals surface area contributed by atoms with Crippen LogP contribution >= 0.6 is 0 Å². The molecule has 1 aromatic heterocycles. The van der Waals surface area contributed by atoms with Crippen LogP contribution in [0, 0.1) is 0 Å². The first-order valence-corrected chi connectivity index (χ1v) is 4.13. The first kappa shape index (κ1) is 9.28. The average molecular weight is 168 g/mol. The molecule has 4 nitrogen and oxygen atoms in total. The molecular weight excluding hydrogens is 155 g/mol. The van der Waals surface area contributed by atoms with Crippen molar-refractivity contribution in [2.75, 3.05) is 0 Å². The third kappa shape index (κ3) is 2.09. The molecule has 1 aromatic rings. The average Bonchev–Trinajstić information content (AvgIpc) is 2.48. The molecule has 0 saturated carbocycles. The van der Waals surface area contributed by atoms with E-state index < -0.39 is 7.12 Å². The topological polar surface area (TPSA) is 58.3 Å². The second kappa shape index (κ2) is 4.28. The van der Waals surface area contributed by atoms with Crippen LogP contribution in [0.15, 0.2) is 12.3 Å². The van der Waals surface area contributed by atoms with Gasteiger partial charge in [0.15, 0.2) is 0 Å². The van der Waals surface area contributed by atoms with E-state index in [9.17, 15) is 0 Å². The van der Waals surface area contributed by atoms with Crippen molar-refractivity contribution in [3.8, 4) is 0 Å². The Morgan fingerprint density at radius 2 is 2.33 bits per heavy atom. The summed E-state index contributed by atoms with van der Waals surface area (Å²) in [6, 6.07) is 1.61. The Morgan fingerprint density at radius 1 is 1.58 bits per heavy atom. The fourth-order valence-corrected chi connectivity index (χ4v) is 1.06. The highest BCUT2D eigenvalue weighted by Gasteiger charge is 2.15. The second-order valence-electron chi connectivity index (χ2n) is 2.71. The molecular formula is C7H13BN2O2. The van der Waals surface area contributed by atoms with Crippen molar-refractivity contribution in [1.29, 1.82) is 0 Å². The summed E-state index contributed by atoms with van der Waals surface area (Å²) in [6.07, 6.45) is 3.65. The molecule has 0 bridgehead atoms. The molecule has 66 valence electrons. The molecule has 0 unspecified atom stereocenters. The largest absolute Gasteiger partial charge is 0.507 e. The van der Waals surface area contributed by atoms with Crippen LogP contribution < -0.4 is 5.59 Å². The summed E-state index contributed by atoms with van der Waals surface area (Å²) in [5, 5.41) is 21.7. The van der Waals surface area contributed by atoms with Crippen LogP contribution in [0.4, 0.5) is 0 Å². The molecule has 0 radical (unpaired) electrons. The van der Waals surface area contributed by atoms with E-state index in [2.05, 4.69) is 12.0 Å². The van der Waals surface area contributed by atoms with Gasteiger partial charge in [0.2, 0.25) is 0 Å². The molecule has 12 heavy (non-hydrogen) atoms. The number of hydrogen-bond acceptors (Lipinski definition) is 3. The lowest BCUT2D eigenvalue weighted by atomic mass is 9.86. The minimum Gasteiger partial charge on any atom is -0.422 e. The van der Waals surface area contributed by atoms with E-state index in [1.54, 1.807) is 16.9 Å². The fraction of sp³-hybridized carbons (Fsp3) is 0.571. The van der Waals surface area contributed by atoms with Crippen LogP contribution in [0.3, 0.4) is 0 Å². The monoisotopic (exact) mass is 168 g/mol. The van der Waals surface area contributed by atoms with Gasteiger partial charge in [-0.25, -0.2) is 0 Å². The van der Waals surface area contributed by atoms with Crippen molar-refractivity contribution in [3.05, 3.63) is 12.3 Å². The predicted molar refractivity (Wildman–Crippen MR) is 47.0 cm³/mol. The third-order valence-corrected chi connectivity index (χ3v) is 1.74.